The van der Waals surface area contributed by atoms with E-state index in [0.29, 0.717) is 17.2 Å². The first kappa shape index (κ1) is 16.5. The monoisotopic (exact) mass is 326 g/mol. The molecule has 0 unspecified atom stereocenters. The number of H-pyrrole nitrogens is 1. The van der Waals surface area contributed by atoms with Gasteiger partial charge in [-0.25, -0.2) is 4.57 Å². The molecule has 0 aliphatic rings. The molecule has 8 heteroatoms. The van der Waals surface area contributed by atoms with Gasteiger partial charge in [-0.2, -0.15) is 5.10 Å². The Kier molecular flexibility index (Phi) is 4.90. The van der Waals surface area contributed by atoms with E-state index in [1.807, 2.05) is 32.0 Å². The summed E-state index contributed by atoms with van der Waals surface area (Å²) < 4.78 is 32.6. The van der Waals surface area contributed by atoms with Crippen molar-refractivity contribution in [1.29, 1.82) is 0 Å². The van der Waals surface area contributed by atoms with E-state index in [0.717, 1.165) is 16.5 Å². The maximum Gasteiger partial charge on any atom is 0.529 e. The van der Waals surface area contributed by atoms with Crippen molar-refractivity contribution in [2.45, 2.75) is 13.8 Å². The van der Waals surface area contributed by atoms with E-state index >= 15 is 0 Å². The molecule has 1 heterocycles. The largest absolute Gasteiger partial charge is 0.529 e. The van der Waals surface area contributed by atoms with Gasteiger partial charge in [0, 0.05) is 25.7 Å². The molecule has 0 saturated carbocycles. The summed E-state index contributed by atoms with van der Waals surface area (Å²) in [5.74, 6) is 1.06. The molecule has 0 fully saturated rings. The van der Waals surface area contributed by atoms with Crippen molar-refractivity contribution in [3.8, 4) is 5.75 Å². The summed E-state index contributed by atoms with van der Waals surface area (Å²) in [7, 11) is 0.460. The number of aromatic amines is 1. The molecule has 2 rings (SSSR count). The van der Waals surface area contributed by atoms with E-state index < -0.39 is 7.82 Å². The molecule has 2 aromatic rings. The van der Waals surface area contributed by atoms with Crippen molar-refractivity contribution in [3.05, 3.63) is 29.5 Å². The summed E-state index contributed by atoms with van der Waals surface area (Å²) in [6, 6.07) is 5.49. The number of hydrogen-bond acceptors (Lipinski definition) is 6. The van der Waals surface area contributed by atoms with Crippen molar-refractivity contribution in [1.82, 2.24) is 10.2 Å². The van der Waals surface area contributed by atoms with Gasteiger partial charge in [0.1, 0.15) is 11.4 Å². The van der Waals surface area contributed by atoms with Gasteiger partial charge in [-0.15, -0.1) is 0 Å². The number of phosphoric ester groups is 1. The highest BCUT2D eigenvalue weighted by Crippen LogP contribution is 2.52. The van der Waals surface area contributed by atoms with E-state index in [1.54, 1.807) is 7.11 Å². The Hall–Kier alpha value is -1.82. The van der Waals surface area contributed by atoms with Gasteiger partial charge in [0.15, 0.2) is 5.76 Å². The highest BCUT2D eigenvalue weighted by Gasteiger charge is 2.28. The zero-order chi connectivity index (χ0) is 16.3. The summed E-state index contributed by atoms with van der Waals surface area (Å²) in [6.07, 6.45) is 0. The quantitative estimate of drug-likeness (QED) is 0.643. The Balaban J connectivity index is 2.51. The first-order chi connectivity index (χ1) is 10.4. The lowest BCUT2D eigenvalue weighted by atomic mass is 10.1. The summed E-state index contributed by atoms with van der Waals surface area (Å²) >= 11 is 0. The van der Waals surface area contributed by atoms with Gasteiger partial charge < -0.3 is 9.26 Å². The number of methoxy groups -OCH3 is 1. The van der Waals surface area contributed by atoms with Gasteiger partial charge >= 0.3 is 7.82 Å². The molecule has 7 nitrogen and oxygen atoms in total. The van der Waals surface area contributed by atoms with Gasteiger partial charge in [-0.3, -0.25) is 14.1 Å². The second-order valence-corrected chi connectivity index (χ2v) is 6.52. The fourth-order valence-electron chi connectivity index (χ4n) is 1.93. The van der Waals surface area contributed by atoms with Crippen LogP contribution in [0.2, 0.25) is 0 Å². The van der Waals surface area contributed by atoms with Crippen LogP contribution >= 0.6 is 7.82 Å². The molecular weight excluding hydrogens is 307 g/mol. The zero-order valence-electron chi connectivity index (χ0n) is 13.2. The maximum atomic E-state index is 12.2. The third-order valence-electron chi connectivity index (χ3n) is 3.09. The number of benzene rings is 1. The SMILES string of the molecule is COc1ccc2c(C(OP(=O)(OC)OC)=C(C)C)n[nH]c2c1. The summed E-state index contributed by atoms with van der Waals surface area (Å²) in [5.41, 5.74) is 2.10. The van der Waals surface area contributed by atoms with Crippen LogP contribution in [0.1, 0.15) is 19.5 Å². The van der Waals surface area contributed by atoms with Crippen LogP contribution in [-0.4, -0.2) is 31.5 Å². The maximum absolute atomic E-state index is 12.2. The van der Waals surface area contributed by atoms with Crippen LogP contribution in [0.15, 0.2) is 23.8 Å². The molecular formula is C14H19N2O5P. The van der Waals surface area contributed by atoms with Crippen molar-refractivity contribution in [2.24, 2.45) is 0 Å². The molecule has 0 atom stereocenters. The number of ether oxygens (including phenoxy) is 1. The van der Waals surface area contributed by atoms with Crippen molar-refractivity contribution < 1.29 is 22.9 Å². The molecule has 0 aliphatic carbocycles. The Morgan fingerprint density at radius 3 is 2.41 bits per heavy atom. The van der Waals surface area contributed by atoms with Crippen LogP contribution in [0.3, 0.4) is 0 Å². The molecule has 22 heavy (non-hydrogen) atoms. The van der Waals surface area contributed by atoms with E-state index in [9.17, 15) is 4.57 Å². The van der Waals surface area contributed by atoms with E-state index in [2.05, 4.69) is 10.2 Å². The van der Waals surface area contributed by atoms with Crippen LogP contribution in [0.4, 0.5) is 0 Å². The summed E-state index contributed by atoms with van der Waals surface area (Å²) in [6.45, 7) is 3.66. The molecule has 0 spiro atoms. The van der Waals surface area contributed by atoms with Gasteiger partial charge in [0.25, 0.3) is 0 Å². The van der Waals surface area contributed by atoms with Crippen LogP contribution in [0.5, 0.6) is 5.75 Å². The lowest BCUT2D eigenvalue weighted by molar-refractivity contribution is 0.200. The summed E-state index contributed by atoms with van der Waals surface area (Å²) in [4.78, 5) is 0. The molecule has 0 saturated heterocycles. The van der Waals surface area contributed by atoms with Crippen molar-refractivity contribution in [3.63, 3.8) is 0 Å². The van der Waals surface area contributed by atoms with Crippen molar-refractivity contribution >= 4 is 24.5 Å². The second kappa shape index (κ2) is 6.52. The molecule has 1 N–H and O–H groups in total. The van der Waals surface area contributed by atoms with Gasteiger partial charge in [-0.05, 0) is 31.6 Å². The zero-order valence-corrected chi connectivity index (χ0v) is 14.1. The molecule has 1 aromatic heterocycles. The number of aromatic nitrogens is 2. The standard InChI is InChI=1S/C14H19N2O5P/c1-9(2)14(21-22(17,19-4)20-5)13-11-7-6-10(18-3)8-12(11)15-16-13/h6-8H,1-5H3,(H,15,16). The number of allylic oxidation sites excluding steroid dienone is 1. The van der Waals surface area contributed by atoms with Crippen LogP contribution in [0, 0.1) is 0 Å². The number of nitrogens with one attached hydrogen (secondary N) is 1. The average molecular weight is 326 g/mol. The third-order valence-corrected chi connectivity index (χ3v) is 4.39. The number of fused-ring (bicyclic) bond motifs is 1. The Morgan fingerprint density at radius 2 is 1.86 bits per heavy atom. The Bertz CT molecular complexity index is 741. The van der Waals surface area contributed by atoms with E-state index in [1.165, 1.54) is 14.2 Å². The fourth-order valence-corrected chi connectivity index (χ4v) is 2.72. The van der Waals surface area contributed by atoms with Gasteiger partial charge in [0.2, 0.25) is 0 Å². The van der Waals surface area contributed by atoms with E-state index in [4.69, 9.17) is 18.3 Å². The van der Waals surface area contributed by atoms with Crippen LogP contribution in [0.25, 0.3) is 16.7 Å². The Morgan fingerprint density at radius 1 is 1.18 bits per heavy atom. The fraction of sp³-hybridized carbons (Fsp3) is 0.357. The number of phosphoric acid groups is 1. The Labute approximate surface area is 128 Å². The van der Waals surface area contributed by atoms with Crippen molar-refractivity contribution in [2.75, 3.05) is 21.3 Å². The minimum atomic E-state index is -3.66. The first-order valence-electron chi connectivity index (χ1n) is 6.55. The highest BCUT2D eigenvalue weighted by atomic mass is 31.2. The van der Waals surface area contributed by atoms with Gasteiger partial charge in [0.05, 0.1) is 12.6 Å². The lowest BCUT2D eigenvalue weighted by Gasteiger charge is -2.17. The summed E-state index contributed by atoms with van der Waals surface area (Å²) in [5, 5.41) is 7.97. The lowest BCUT2D eigenvalue weighted by Crippen LogP contribution is -1.98. The van der Waals surface area contributed by atoms with Gasteiger partial charge in [-0.1, -0.05) is 0 Å². The average Bonchev–Trinajstić information content (AvgIpc) is 2.94. The van der Waals surface area contributed by atoms with E-state index in [-0.39, 0.29) is 0 Å². The predicted molar refractivity (Wildman–Crippen MR) is 83.6 cm³/mol. The molecule has 0 bridgehead atoms. The normalized spacial score (nSPS) is 11.5. The molecule has 0 radical (unpaired) electrons. The predicted octanol–water partition coefficient (Wildman–Crippen LogP) is 3.74. The first-order valence-corrected chi connectivity index (χ1v) is 8.01. The minimum Gasteiger partial charge on any atom is -0.497 e. The number of nitrogens with zero attached hydrogens (tertiary/aromatic N) is 1. The second-order valence-electron chi connectivity index (χ2n) is 4.72. The van der Waals surface area contributed by atoms with Crippen LogP contribution < -0.4 is 4.74 Å². The molecule has 120 valence electrons. The molecule has 0 amide bonds. The minimum absolute atomic E-state index is 0.350. The smallest absolute Gasteiger partial charge is 0.497 e. The number of hydrogen-bond donors (Lipinski definition) is 1. The number of rotatable bonds is 6. The molecule has 0 aliphatic heterocycles. The third kappa shape index (κ3) is 3.16. The highest BCUT2D eigenvalue weighted by molar-refractivity contribution is 7.48. The van der Waals surface area contributed by atoms with Crippen LogP contribution in [-0.2, 0) is 18.1 Å². The molecule has 1 aromatic carbocycles. The topological polar surface area (TPSA) is 82.7 Å².